The second kappa shape index (κ2) is 4.61. The first kappa shape index (κ1) is 12.4. The molecule has 0 amide bonds. The van der Waals surface area contributed by atoms with E-state index in [1.54, 1.807) is 0 Å². The van der Waals surface area contributed by atoms with E-state index in [1.807, 2.05) is 13.8 Å². The number of nitrogens with two attached hydrogens (primary N) is 1. The van der Waals surface area contributed by atoms with Crippen molar-refractivity contribution in [1.82, 2.24) is 4.90 Å². The molecule has 3 heteroatoms. The van der Waals surface area contributed by atoms with Crippen LogP contribution in [0, 0.1) is 10.8 Å². The number of nitrogens with zero attached hydrogens (tertiary/aromatic N) is 1. The highest BCUT2D eigenvalue weighted by atomic mass is 15.1. The topological polar surface area (TPSA) is 53.1 Å². The molecule has 0 fully saturated rings. The van der Waals surface area contributed by atoms with Crippen molar-refractivity contribution >= 4 is 5.84 Å². The number of hydrogen-bond donors (Lipinski definition) is 2. The van der Waals surface area contributed by atoms with Crippen molar-refractivity contribution in [2.75, 3.05) is 13.6 Å². The summed E-state index contributed by atoms with van der Waals surface area (Å²) in [5.41, 5.74) is 5.33. The van der Waals surface area contributed by atoms with E-state index in [-0.39, 0.29) is 11.3 Å². The van der Waals surface area contributed by atoms with Crippen LogP contribution in [0.4, 0.5) is 0 Å². The van der Waals surface area contributed by atoms with Crippen LogP contribution in [-0.4, -0.2) is 30.4 Å². The highest BCUT2D eigenvalue weighted by Crippen LogP contribution is 2.20. The second-order valence-corrected chi connectivity index (χ2v) is 4.62. The Hall–Kier alpha value is -0.570. The van der Waals surface area contributed by atoms with Crippen molar-refractivity contribution in [2.24, 2.45) is 11.1 Å². The first-order chi connectivity index (χ1) is 5.77. The number of amidine groups is 1. The molecule has 0 aromatic carbocycles. The summed E-state index contributed by atoms with van der Waals surface area (Å²) < 4.78 is 0. The maximum Gasteiger partial charge on any atom is 0.0963 e. The van der Waals surface area contributed by atoms with E-state index in [0.717, 1.165) is 13.0 Å². The average molecular weight is 185 g/mol. The van der Waals surface area contributed by atoms with Crippen LogP contribution in [0.25, 0.3) is 0 Å². The second-order valence-electron chi connectivity index (χ2n) is 4.62. The van der Waals surface area contributed by atoms with Crippen molar-refractivity contribution in [3.05, 3.63) is 0 Å². The zero-order valence-electron chi connectivity index (χ0n) is 9.52. The molecule has 0 saturated carbocycles. The van der Waals surface area contributed by atoms with E-state index in [2.05, 4.69) is 25.8 Å². The Bertz CT molecular complexity index is 173. The summed E-state index contributed by atoms with van der Waals surface area (Å²) in [5, 5.41) is 7.41. The zero-order chi connectivity index (χ0) is 10.6. The highest BCUT2D eigenvalue weighted by Gasteiger charge is 2.22. The van der Waals surface area contributed by atoms with Gasteiger partial charge in [0.1, 0.15) is 0 Å². The van der Waals surface area contributed by atoms with Crippen LogP contribution in [0.2, 0.25) is 0 Å². The lowest BCUT2D eigenvalue weighted by Gasteiger charge is -2.28. The van der Waals surface area contributed by atoms with Gasteiger partial charge in [0.15, 0.2) is 0 Å². The maximum absolute atomic E-state index is 7.41. The molecule has 0 aromatic rings. The lowest BCUT2D eigenvalue weighted by Crippen LogP contribution is -2.36. The van der Waals surface area contributed by atoms with Gasteiger partial charge in [0.25, 0.3) is 0 Å². The molecule has 0 unspecified atom stereocenters. The van der Waals surface area contributed by atoms with E-state index in [1.165, 1.54) is 0 Å². The van der Waals surface area contributed by atoms with E-state index in [9.17, 15) is 0 Å². The molecule has 0 heterocycles. The van der Waals surface area contributed by atoms with Crippen LogP contribution in [0.15, 0.2) is 0 Å². The van der Waals surface area contributed by atoms with Gasteiger partial charge in [0.2, 0.25) is 0 Å². The Morgan fingerprint density at radius 1 is 1.46 bits per heavy atom. The van der Waals surface area contributed by atoms with E-state index >= 15 is 0 Å². The highest BCUT2D eigenvalue weighted by molar-refractivity contribution is 5.82. The molecule has 0 aliphatic carbocycles. The standard InChI is InChI=1S/C10H23N3/c1-8(2)13(5)7-6-10(3,4)9(11)12/h8H,6-7H2,1-5H3,(H3,11,12). The third kappa shape index (κ3) is 4.27. The van der Waals surface area contributed by atoms with Crippen molar-refractivity contribution in [2.45, 2.75) is 40.2 Å². The molecule has 3 N–H and O–H groups in total. The minimum atomic E-state index is -0.164. The lowest BCUT2D eigenvalue weighted by atomic mass is 9.88. The maximum atomic E-state index is 7.41. The fraction of sp³-hybridized carbons (Fsp3) is 0.900. The van der Waals surface area contributed by atoms with Crippen LogP contribution in [-0.2, 0) is 0 Å². The molecule has 0 radical (unpaired) electrons. The Kier molecular flexibility index (Phi) is 4.40. The third-order valence-electron chi connectivity index (χ3n) is 2.70. The van der Waals surface area contributed by atoms with Gasteiger partial charge in [-0.25, -0.2) is 0 Å². The molecule has 0 spiro atoms. The van der Waals surface area contributed by atoms with Crippen molar-refractivity contribution in [3.63, 3.8) is 0 Å². The zero-order valence-corrected chi connectivity index (χ0v) is 9.52. The summed E-state index contributed by atoms with van der Waals surface area (Å²) in [6.07, 6.45) is 0.941. The quantitative estimate of drug-likeness (QED) is 0.506. The van der Waals surface area contributed by atoms with Gasteiger partial charge in [0, 0.05) is 11.5 Å². The summed E-state index contributed by atoms with van der Waals surface area (Å²) in [6, 6.07) is 0.558. The summed E-state index contributed by atoms with van der Waals surface area (Å²) in [7, 11) is 2.10. The molecule has 13 heavy (non-hydrogen) atoms. The molecule has 3 nitrogen and oxygen atoms in total. The van der Waals surface area contributed by atoms with Crippen molar-refractivity contribution in [1.29, 1.82) is 5.41 Å². The first-order valence-corrected chi connectivity index (χ1v) is 4.82. The van der Waals surface area contributed by atoms with Gasteiger partial charge in [-0.15, -0.1) is 0 Å². The van der Waals surface area contributed by atoms with Gasteiger partial charge in [0.05, 0.1) is 5.84 Å². The van der Waals surface area contributed by atoms with Crippen LogP contribution in [0.1, 0.15) is 34.1 Å². The van der Waals surface area contributed by atoms with Gasteiger partial charge in [-0.1, -0.05) is 13.8 Å². The largest absolute Gasteiger partial charge is 0.387 e. The smallest absolute Gasteiger partial charge is 0.0963 e. The minimum absolute atomic E-state index is 0.164. The molecule has 0 aromatic heterocycles. The average Bonchev–Trinajstić information content (AvgIpc) is 1.99. The summed E-state index contributed by atoms with van der Waals surface area (Å²) in [4.78, 5) is 2.27. The van der Waals surface area contributed by atoms with Gasteiger partial charge in [-0.3, -0.25) is 5.41 Å². The first-order valence-electron chi connectivity index (χ1n) is 4.82. The predicted octanol–water partition coefficient (Wildman–Crippen LogP) is 1.68. The molecular weight excluding hydrogens is 162 g/mol. The van der Waals surface area contributed by atoms with Gasteiger partial charge >= 0.3 is 0 Å². The van der Waals surface area contributed by atoms with Crippen LogP contribution < -0.4 is 5.73 Å². The number of nitrogens with one attached hydrogen (secondary N) is 1. The SMILES string of the molecule is CC(C)N(C)CCC(C)(C)C(=N)N. The number of rotatable bonds is 5. The minimum Gasteiger partial charge on any atom is -0.387 e. The lowest BCUT2D eigenvalue weighted by molar-refractivity contribution is 0.245. The molecule has 0 saturated heterocycles. The predicted molar refractivity (Wildman–Crippen MR) is 58.1 cm³/mol. The monoisotopic (exact) mass is 185 g/mol. The van der Waals surface area contributed by atoms with Crippen LogP contribution >= 0.6 is 0 Å². The number of hydrogen-bond acceptors (Lipinski definition) is 2. The van der Waals surface area contributed by atoms with Crippen LogP contribution in [0.3, 0.4) is 0 Å². The van der Waals surface area contributed by atoms with E-state index in [0.29, 0.717) is 6.04 Å². The van der Waals surface area contributed by atoms with Crippen molar-refractivity contribution < 1.29 is 0 Å². The van der Waals surface area contributed by atoms with Gasteiger partial charge in [-0.05, 0) is 33.9 Å². The summed E-state index contributed by atoms with van der Waals surface area (Å²) >= 11 is 0. The van der Waals surface area contributed by atoms with E-state index < -0.39 is 0 Å². The third-order valence-corrected chi connectivity index (χ3v) is 2.70. The molecule has 0 atom stereocenters. The summed E-state index contributed by atoms with van der Waals surface area (Å²) in [5.74, 6) is 0.282. The van der Waals surface area contributed by atoms with Gasteiger partial charge < -0.3 is 10.6 Å². The fourth-order valence-electron chi connectivity index (χ4n) is 0.849. The molecule has 0 aliphatic rings. The van der Waals surface area contributed by atoms with Gasteiger partial charge in [-0.2, -0.15) is 0 Å². The summed E-state index contributed by atoms with van der Waals surface area (Å²) in [6.45, 7) is 9.36. The Morgan fingerprint density at radius 3 is 2.23 bits per heavy atom. The normalized spacial score (nSPS) is 12.5. The molecule has 78 valence electrons. The Labute approximate surface area is 81.8 Å². The Balaban J connectivity index is 3.95. The molecule has 0 aliphatic heterocycles. The van der Waals surface area contributed by atoms with E-state index in [4.69, 9.17) is 11.1 Å². The molecular formula is C10H23N3. The molecule has 0 rings (SSSR count). The Morgan fingerprint density at radius 2 is 1.92 bits per heavy atom. The molecule has 0 bridgehead atoms. The van der Waals surface area contributed by atoms with Crippen molar-refractivity contribution in [3.8, 4) is 0 Å². The fourth-order valence-corrected chi connectivity index (χ4v) is 0.849. The van der Waals surface area contributed by atoms with Crippen LogP contribution in [0.5, 0.6) is 0 Å².